The Kier molecular flexibility index (Phi) is 7.14. The van der Waals surface area contributed by atoms with Crippen LogP contribution in [0.25, 0.3) is 0 Å². The summed E-state index contributed by atoms with van der Waals surface area (Å²) in [4.78, 5) is 19.6. The Labute approximate surface area is 128 Å². The molecule has 1 heterocycles. The predicted octanol–water partition coefficient (Wildman–Crippen LogP) is 1.15. The molecule has 0 atom stereocenters. The van der Waals surface area contributed by atoms with Crippen LogP contribution in [-0.4, -0.2) is 74.7 Å². The second-order valence-corrected chi connectivity index (χ2v) is 5.66. The molecular formula is C14H29N7. The van der Waals surface area contributed by atoms with Crippen LogP contribution in [0.1, 0.15) is 19.8 Å². The van der Waals surface area contributed by atoms with Gasteiger partial charge in [0.1, 0.15) is 0 Å². The summed E-state index contributed by atoms with van der Waals surface area (Å²) in [5, 5.41) is 3.24. The van der Waals surface area contributed by atoms with Crippen molar-refractivity contribution in [3.05, 3.63) is 0 Å². The predicted molar refractivity (Wildman–Crippen MR) is 89.4 cm³/mol. The van der Waals surface area contributed by atoms with E-state index in [4.69, 9.17) is 0 Å². The topological polar surface area (TPSA) is 60.4 Å². The summed E-state index contributed by atoms with van der Waals surface area (Å²) in [7, 11) is 10.1. The van der Waals surface area contributed by atoms with Gasteiger partial charge in [0, 0.05) is 34.2 Å². The van der Waals surface area contributed by atoms with E-state index < -0.39 is 0 Å². The van der Waals surface area contributed by atoms with E-state index in [-0.39, 0.29) is 0 Å². The van der Waals surface area contributed by atoms with Gasteiger partial charge in [0.05, 0.1) is 0 Å². The second kappa shape index (κ2) is 8.61. The number of rotatable bonds is 9. The van der Waals surface area contributed by atoms with Crippen molar-refractivity contribution in [3.8, 4) is 0 Å². The molecule has 0 aliphatic rings. The molecule has 1 aromatic rings. The average Bonchev–Trinajstić information content (AvgIpc) is 2.44. The lowest BCUT2D eigenvalue weighted by Crippen LogP contribution is -2.26. The van der Waals surface area contributed by atoms with Crippen LogP contribution in [0.15, 0.2) is 0 Å². The van der Waals surface area contributed by atoms with Crippen molar-refractivity contribution in [1.82, 2.24) is 19.9 Å². The van der Waals surface area contributed by atoms with E-state index in [0.717, 1.165) is 32.5 Å². The fourth-order valence-electron chi connectivity index (χ4n) is 1.76. The zero-order valence-corrected chi connectivity index (χ0v) is 14.2. The minimum atomic E-state index is 0.644. The molecule has 21 heavy (non-hydrogen) atoms. The zero-order chi connectivity index (χ0) is 15.8. The highest BCUT2D eigenvalue weighted by atomic mass is 15.3. The Morgan fingerprint density at radius 3 is 2.14 bits per heavy atom. The van der Waals surface area contributed by atoms with Crippen LogP contribution in [-0.2, 0) is 0 Å². The fraction of sp³-hybridized carbons (Fsp3) is 0.786. The molecule has 0 saturated carbocycles. The highest BCUT2D eigenvalue weighted by Crippen LogP contribution is 2.14. The van der Waals surface area contributed by atoms with Crippen LogP contribution in [0.4, 0.5) is 17.8 Å². The summed E-state index contributed by atoms with van der Waals surface area (Å²) in [6.07, 6.45) is 2.11. The van der Waals surface area contributed by atoms with Crippen LogP contribution in [0.5, 0.6) is 0 Å². The standard InChI is InChI=1S/C14H29N7/c1-7-9-15-12-16-13(20(4)5)18-14(17-12)21(6)11-8-10-19(2)3/h7-11H2,1-6H3,(H,15,16,17,18). The van der Waals surface area contributed by atoms with Crippen LogP contribution >= 0.6 is 0 Å². The first-order chi connectivity index (χ1) is 9.93. The first-order valence-electron chi connectivity index (χ1n) is 7.47. The molecule has 0 unspecified atom stereocenters. The number of hydrogen-bond acceptors (Lipinski definition) is 7. The SMILES string of the molecule is CCCNc1nc(N(C)C)nc(N(C)CCCN(C)C)n1. The Bertz CT molecular complexity index is 420. The van der Waals surface area contributed by atoms with E-state index in [1.807, 2.05) is 26.0 Å². The van der Waals surface area contributed by atoms with Gasteiger partial charge in [-0.05, 0) is 33.5 Å². The lowest BCUT2D eigenvalue weighted by atomic mass is 10.4. The van der Waals surface area contributed by atoms with Crippen molar-refractivity contribution in [2.75, 3.05) is 70.0 Å². The normalized spacial score (nSPS) is 10.8. The molecule has 0 aliphatic carbocycles. The Balaban J connectivity index is 2.80. The molecule has 0 fully saturated rings. The summed E-state index contributed by atoms with van der Waals surface area (Å²) in [5.74, 6) is 2.04. The first kappa shape index (κ1) is 17.4. The Hall–Kier alpha value is -1.63. The van der Waals surface area contributed by atoms with Crippen molar-refractivity contribution >= 4 is 17.8 Å². The molecule has 7 nitrogen and oxygen atoms in total. The number of hydrogen-bond donors (Lipinski definition) is 1. The van der Waals surface area contributed by atoms with E-state index >= 15 is 0 Å². The summed E-state index contributed by atoms with van der Waals surface area (Å²) in [5.41, 5.74) is 0. The molecule has 0 aromatic carbocycles. The van der Waals surface area contributed by atoms with Crippen molar-refractivity contribution < 1.29 is 0 Å². The summed E-state index contributed by atoms with van der Waals surface area (Å²) in [6, 6.07) is 0. The summed E-state index contributed by atoms with van der Waals surface area (Å²) >= 11 is 0. The van der Waals surface area contributed by atoms with Gasteiger partial charge in [-0.3, -0.25) is 0 Å². The van der Waals surface area contributed by atoms with Gasteiger partial charge in [-0.2, -0.15) is 15.0 Å². The van der Waals surface area contributed by atoms with E-state index in [1.54, 1.807) is 0 Å². The van der Waals surface area contributed by atoms with Gasteiger partial charge in [-0.25, -0.2) is 0 Å². The number of nitrogens with zero attached hydrogens (tertiary/aromatic N) is 6. The van der Waals surface area contributed by atoms with Crippen molar-refractivity contribution in [2.45, 2.75) is 19.8 Å². The van der Waals surface area contributed by atoms with Crippen LogP contribution in [0.2, 0.25) is 0 Å². The summed E-state index contributed by atoms with van der Waals surface area (Å²) in [6.45, 7) is 4.95. The van der Waals surface area contributed by atoms with Gasteiger partial charge >= 0.3 is 0 Å². The highest BCUT2D eigenvalue weighted by Gasteiger charge is 2.11. The highest BCUT2D eigenvalue weighted by molar-refractivity contribution is 5.44. The minimum Gasteiger partial charge on any atom is -0.354 e. The van der Waals surface area contributed by atoms with Crippen LogP contribution in [0, 0.1) is 0 Å². The molecule has 0 aliphatic heterocycles. The number of nitrogens with one attached hydrogen (secondary N) is 1. The third-order valence-corrected chi connectivity index (χ3v) is 2.99. The summed E-state index contributed by atoms with van der Waals surface area (Å²) < 4.78 is 0. The first-order valence-corrected chi connectivity index (χ1v) is 7.47. The third-order valence-electron chi connectivity index (χ3n) is 2.99. The zero-order valence-electron chi connectivity index (χ0n) is 14.2. The maximum atomic E-state index is 4.51. The molecular weight excluding hydrogens is 266 g/mol. The maximum absolute atomic E-state index is 4.51. The molecule has 0 bridgehead atoms. The van der Waals surface area contributed by atoms with Gasteiger partial charge in [0.15, 0.2) is 0 Å². The van der Waals surface area contributed by atoms with Gasteiger partial charge in [0.25, 0.3) is 0 Å². The van der Waals surface area contributed by atoms with Gasteiger partial charge < -0.3 is 20.0 Å². The minimum absolute atomic E-state index is 0.644. The van der Waals surface area contributed by atoms with Crippen molar-refractivity contribution in [1.29, 1.82) is 0 Å². The maximum Gasteiger partial charge on any atom is 0.231 e. The molecule has 1 N–H and O–H groups in total. The van der Waals surface area contributed by atoms with E-state index in [1.165, 1.54) is 0 Å². The largest absolute Gasteiger partial charge is 0.354 e. The van der Waals surface area contributed by atoms with E-state index in [9.17, 15) is 0 Å². The molecule has 1 rings (SSSR count). The second-order valence-electron chi connectivity index (χ2n) is 5.66. The number of anilines is 3. The fourth-order valence-corrected chi connectivity index (χ4v) is 1.76. The molecule has 0 radical (unpaired) electrons. The van der Waals surface area contributed by atoms with Crippen LogP contribution in [0.3, 0.4) is 0 Å². The molecule has 7 heteroatoms. The number of aromatic nitrogens is 3. The van der Waals surface area contributed by atoms with Gasteiger partial charge in [-0.15, -0.1) is 0 Å². The molecule has 0 saturated heterocycles. The molecule has 0 spiro atoms. The lowest BCUT2D eigenvalue weighted by molar-refractivity contribution is 0.401. The van der Waals surface area contributed by atoms with Gasteiger partial charge in [0.2, 0.25) is 17.8 Å². The lowest BCUT2D eigenvalue weighted by Gasteiger charge is -2.20. The van der Waals surface area contributed by atoms with Gasteiger partial charge in [-0.1, -0.05) is 6.92 Å². The van der Waals surface area contributed by atoms with E-state index in [0.29, 0.717) is 17.8 Å². The van der Waals surface area contributed by atoms with E-state index in [2.05, 4.69) is 51.1 Å². The quantitative estimate of drug-likeness (QED) is 0.733. The smallest absolute Gasteiger partial charge is 0.231 e. The average molecular weight is 295 g/mol. The van der Waals surface area contributed by atoms with Crippen molar-refractivity contribution in [3.63, 3.8) is 0 Å². The third kappa shape index (κ3) is 6.12. The van der Waals surface area contributed by atoms with Crippen molar-refractivity contribution in [2.24, 2.45) is 0 Å². The molecule has 0 amide bonds. The monoisotopic (exact) mass is 295 g/mol. The molecule has 120 valence electrons. The Morgan fingerprint density at radius 1 is 0.905 bits per heavy atom. The van der Waals surface area contributed by atoms with Crippen LogP contribution < -0.4 is 15.1 Å². The molecule has 1 aromatic heterocycles. The Morgan fingerprint density at radius 2 is 1.57 bits per heavy atom.